The van der Waals surface area contributed by atoms with Gasteiger partial charge in [0.15, 0.2) is 5.71 Å². The number of hydrazone groups is 1. The standard InChI is InChI=1S/C26H26N4O2/c31-26-25(23-13-7-8-14-24(23)29(26)20-28-15-17-32-18-16-28)27-30(22-11-5-2-6-12-22)19-21-9-3-1-4-10-21/h1-14H,15-20H2/b27-25+. The lowest BCUT2D eigenvalue weighted by Gasteiger charge is -2.30. The molecule has 3 aromatic carbocycles. The lowest BCUT2D eigenvalue weighted by molar-refractivity contribution is -0.112. The van der Waals surface area contributed by atoms with Crippen LogP contribution in [0.1, 0.15) is 11.1 Å². The fraction of sp³-hybridized carbons (Fsp3) is 0.231. The van der Waals surface area contributed by atoms with Crippen LogP contribution in [-0.4, -0.2) is 49.5 Å². The zero-order valence-corrected chi connectivity index (χ0v) is 17.9. The van der Waals surface area contributed by atoms with E-state index >= 15 is 0 Å². The second kappa shape index (κ2) is 9.34. The molecule has 1 fully saturated rings. The number of benzene rings is 3. The molecule has 6 heteroatoms. The maximum Gasteiger partial charge on any atom is 0.280 e. The Bertz CT molecular complexity index is 1100. The molecule has 32 heavy (non-hydrogen) atoms. The molecule has 1 amide bonds. The van der Waals surface area contributed by atoms with Crippen molar-refractivity contribution in [3.8, 4) is 0 Å². The lowest BCUT2D eigenvalue weighted by Crippen LogP contribution is -2.46. The van der Waals surface area contributed by atoms with Crippen LogP contribution in [0.5, 0.6) is 0 Å². The number of ether oxygens (including phenoxy) is 1. The zero-order valence-electron chi connectivity index (χ0n) is 17.9. The van der Waals surface area contributed by atoms with Gasteiger partial charge in [0.1, 0.15) is 0 Å². The average molecular weight is 427 g/mol. The van der Waals surface area contributed by atoms with Gasteiger partial charge in [0, 0.05) is 18.7 Å². The van der Waals surface area contributed by atoms with Crippen LogP contribution in [0.3, 0.4) is 0 Å². The number of rotatable bonds is 6. The number of para-hydroxylation sites is 2. The van der Waals surface area contributed by atoms with Crippen LogP contribution in [0.15, 0.2) is 90.0 Å². The van der Waals surface area contributed by atoms with E-state index in [1.165, 1.54) is 0 Å². The van der Waals surface area contributed by atoms with Gasteiger partial charge in [0.05, 0.1) is 37.8 Å². The third kappa shape index (κ3) is 4.28. The first kappa shape index (κ1) is 20.4. The Morgan fingerprint density at radius 2 is 1.50 bits per heavy atom. The molecule has 0 spiro atoms. The maximum absolute atomic E-state index is 13.6. The van der Waals surface area contributed by atoms with Crippen LogP contribution in [0.2, 0.25) is 0 Å². The molecule has 0 unspecified atom stereocenters. The Morgan fingerprint density at radius 3 is 2.25 bits per heavy atom. The Hall–Kier alpha value is -3.48. The number of nitrogens with zero attached hydrogens (tertiary/aromatic N) is 4. The molecule has 0 aliphatic carbocycles. The number of anilines is 2. The lowest BCUT2D eigenvalue weighted by atomic mass is 10.1. The predicted molar refractivity (Wildman–Crippen MR) is 127 cm³/mol. The van der Waals surface area contributed by atoms with Crippen molar-refractivity contribution < 1.29 is 9.53 Å². The van der Waals surface area contributed by atoms with Crippen LogP contribution in [-0.2, 0) is 16.1 Å². The van der Waals surface area contributed by atoms with Crippen molar-refractivity contribution in [1.82, 2.24) is 4.90 Å². The summed E-state index contributed by atoms with van der Waals surface area (Å²) in [5.74, 6) is -0.0633. The predicted octanol–water partition coefficient (Wildman–Crippen LogP) is 3.73. The van der Waals surface area contributed by atoms with Gasteiger partial charge < -0.3 is 4.74 Å². The summed E-state index contributed by atoms with van der Waals surface area (Å²) in [5, 5.41) is 6.84. The molecule has 0 atom stereocenters. The van der Waals surface area contributed by atoms with Crippen molar-refractivity contribution in [3.63, 3.8) is 0 Å². The summed E-state index contributed by atoms with van der Waals surface area (Å²) in [6.07, 6.45) is 0. The molecule has 1 saturated heterocycles. The molecule has 2 heterocycles. The fourth-order valence-corrected chi connectivity index (χ4v) is 4.10. The minimum atomic E-state index is -0.0633. The zero-order chi connectivity index (χ0) is 21.8. The fourth-order valence-electron chi connectivity index (χ4n) is 4.10. The van der Waals surface area contributed by atoms with E-state index in [1.807, 2.05) is 82.7 Å². The van der Waals surface area contributed by atoms with E-state index in [0.29, 0.717) is 32.1 Å². The van der Waals surface area contributed by atoms with Crippen molar-refractivity contribution in [1.29, 1.82) is 0 Å². The summed E-state index contributed by atoms with van der Waals surface area (Å²) >= 11 is 0. The van der Waals surface area contributed by atoms with Gasteiger partial charge in [-0.3, -0.25) is 19.6 Å². The molecule has 162 valence electrons. The summed E-state index contributed by atoms with van der Waals surface area (Å²) in [7, 11) is 0. The third-order valence-electron chi connectivity index (χ3n) is 5.79. The molecule has 0 bridgehead atoms. The van der Waals surface area contributed by atoms with Crippen molar-refractivity contribution in [3.05, 3.63) is 96.1 Å². The maximum atomic E-state index is 13.6. The Balaban J connectivity index is 1.50. The van der Waals surface area contributed by atoms with Gasteiger partial charge >= 0.3 is 0 Å². The smallest absolute Gasteiger partial charge is 0.280 e. The number of amides is 1. The molecule has 0 radical (unpaired) electrons. The monoisotopic (exact) mass is 426 g/mol. The second-order valence-corrected chi connectivity index (χ2v) is 7.95. The molecular weight excluding hydrogens is 400 g/mol. The number of carbonyl (C=O) groups excluding carboxylic acids is 1. The largest absolute Gasteiger partial charge is 0.379 e. The van der Waals surface area contributed by atoms with E-state index in [1.54, 1.807) is 0 Å². The topological polar surface area (TPSA) is 48.4 Å². The molecule has 0 saturated carbocycles. The van der Waals surface area contributed by atoms with Crippen molar-refractivity contribution in [2.45, 2.75) is 6.54 Å². The molecule has 2 aliphatic rings. The highest BCUT2D eigenvalue weighted by molar-refractivity contribution is 6.54. The van der Waals surface area contributed by atoms with Gasteiger partial charge in [-0.15, -0.1) is 0 Å². The molecule has 0 aromatic heterocycles. The Kier molecular flexibility index (Phi) is 5.96. The van der Waals surface area contributed by atoms with Crippen molar-refractivity contribution in [2.24, 2.45) is 5.10 Å². The van der Waals surface area contributed by atoms with E-state index in [2.05, 4.69) is 17.0 Å². The minimum Gasteiger partial charge on any atom is -0.379 e. The highest BCUT2D eigenvalue weighted by atomic mass is 16.5. The highest BCUT2D eigenvalue weighted by Gasteiger charge is 2.35. The number of hydrogen-bond donors (Lipinski definition) is 0. The Labute approximate surface area is 188 Å². The van der Waals surface area contributed by atoms with Crippen LogP contribution in [0, 0.1) is 0 Å². The molecule has 0 N–H and O–H groups in total. The van der Waals surface area contributed by atoms with Crippen molar-refractivity contribution in [2.75, 3.05) is 42.9 Å². The molecular formula is C26H26N4O2. The van der Waals surface area contributed by atoms with Crippen LogP contribution >= 0.6 is 0 Å². The van der Waals surface area contributed by atoms with E-state index in [-0.39, 0.29) is 5.91 Å². The third-order valence-corrected chi connectivity index (χ3v) is 5.79. The van der Waals surface area contributed by atoms with Crippen LogP contribution < -0.4 is 9.91 Å². The second-order valence-electron chi connectivity index (χ2n) is 7.95. The van der Waals surface area contributed by atoms with Crippen LogP contribution in [0.4, 0.5) is 11.4 Å². The van der Waals surface area contributed by atoms with E-state index < -0.39 is 0 Å². The summed E-state index contributed by atoms with van der Waals surface area (Å²) in [6.45, 7) is 4.16. The van der Waals surface area contributed by atoms with Gasteiger partial charge in [-0.25, -0.2) is 0 Å². The molecule has 5 rings (SSSR count). The number of morpholine rings is 1. The summed E-state index contributed by atoms with van der Waals surface area (Å²) in [4.78, 5) is 17.7. The molecule has 6 nitrogen and oxygen atoms in total. The quantitative estimate of drug-likeness (QED) is 0.564. The van der Waals surface area contributed by atoms with Crippen LogP contribution in [0.25, 0.3) is 0 Å². The molecule has 3 aromatic rings. The summed E-state index contributed by atoms with van der Waals surface area (Å²) in [6, 6.07) is 28.1. The summed E-state index contributed by atoms with van der Waals surface area (Å²) < 4.78 is 5.46. The van der Waals surface area contributed by atoms with Gasteiger partial charge in [-0.2, -0.15) is 5.10 Å². The van der Waals surface area contributed by atoms with Gasteiger partial charge in [0.2, 0.25) is 0 Å². The SMILES string of the molecule is O=C1/C(=N/N(Cc2ccccc2)c2ccccc2)c2ccccc2N1CN1CCOCC1. The number of hydrogen-bond acceptors (Lipinski definition) is 5. The van der Waals surface area contributed by atoms with E-state index in [9.17, 15) is 4.79 Å². The normalized spacial score (nSPS) is 17.6. The van der Waals surface area contributed by atoms with Gasteiger partial charge in [-0.05, 0) is 23.8 Å². The van der Waals surface area contributed by atoms with E-state index in [4.69, 9.17) is 9.84 Å². The number of carbonyl (C=O) groups is 1. The Morgan fingerprint density at radius 1 is 0.844 bits per heavy atom. The summed E-state index contributed by atoms with van der Waals surface area (Å²) in [5.41, 5.74) is 4.34. The number of fused-ring (bicyclic) bond motifs is 1. The first-order valence-corrected chi connectivity index (χ1v) is 11.0. The minimum absolute atomic E-state index is 0.0633. The first-order valence-electron chi connectivity index (χ1n) is 11.0. The van der Waals surface area contributed by atoms with Gasteiger partial charge in [-0.1, -0.05) is 66.7 Å². The van der Waals surface area contributed by atoms with E-state index in [0.717, 1.165) is 35.6 Å². The highest BCUT2D eigenvalue weighted by Crippen LogP contribution is 2.30. The average Bonchev–Trinajstić information content (AvgIpc) is 3.11. The van der Waals surface area contributed by atoms with Gasteiger partial charge in [0.25, 0.3) is 5.91 Å². The first-order chi connectivity index (χ1) is 15.8. The molecule has 2 aliphatic heterocycles. The van der Waals surface area contributed by atoms with Crippen molar-refractivity contribution >= 4 is 23.0 Å².